The molecule has 0 saturated heterocycles. The number of fused-ring (bicyclic) bond motifs is 1. The lowest BCUT2D eigenvalue weighted by molar-refractivity contribution is 0.396. The van der Waals surface area contributed by atoms with E-state index in [4.69, 9.17) is 9.47 Å². The Morgan fingerprint density at radius 3 is 2.27 bits per heavy atom. The molecule has 0 aliphatic rings. The second-order valence-corrected chi connectivity index (χ2v) is 7.00. The van der Waals surface area contributed by atoms with Gasteiger partial charge in [-0.1, -0.05) is 30.3 Å². The summed E-state index contributed by atoms with van der Waals surface area (Å²) < 4.78 is 26.1. The minimum atomic E-state index is -0.274. The largest absolute Gasteiger partial charge is 0.496 e. The number of thiophene rings is 1. The van der Waals surface area contributed by atoms with E-state index >= 15 is 0 Å². The van der Waals surface area contributed by atoms with Gasteiger partial charge in [0.25, 0.3) is 0 Å². The van der Waals surface area contributed by atoms with Crippen LogP contribution in [0.2, 0.25) is 0 Å². The van der Waals surface area contributed by atoms with Crippen molar-refractivity contribution in [2.75, 3.05) is 14.2 Å². The highest BCUT2D eigenvalue weighted by Crippen LogP contribution is 2.44. The first-order valence-electron chi connectivity index (χ1n) is 8.20. The lowest BCUT2D eigenvalue weighted by atomic mass is 10.00. The summed E-state index contributed by atoms with van der Waals surface area (Å²) >= 11 is 1.71. The third-order valence-corrected chi connectivity index (χ3v) is 5.50. The zero-order valence-electron chi connectivity index (χ0n) is 14.5. The first kappa shape index (κ1) is 16.6. The zero-order valence-corrected chi connectivity index (χ0v) is 15.3. The van der Waals surface area contributed by atoms with E-state index in [-0.39, 0.29) is 5.82 Å². The van der Waals surface area contributed by atoms with Crippen LogP contribution < -0.4 is 9.47 Å². The third kappa shape index (κ3) is 2.93. The zero-order chi connectivity index (χ0) is 18.1. The van der Waals surface area contributed by atoms with Crippen molar-refractivity contribution in [2.45, 2.75) is 0 Å². The van der Waals surface area contributed by atoms with Gasteiger partial charge in [-0.2, -0.15) is 0 Å². The first-order chi connectivity index (χ1) is 12.7. The molecule has 0 saturated carbocycles. The Balaban J connectivity index is 1.95. The van der Waals surface area contributed by atoms with E-state index in [1.54, 1.807) is 31.6 Å². The molecule has 0 atom stereocenters. The number of hydrogen-bond acceptors (Lipinski definition) is 3. The highest BCUT2D eigenvalue weighted by Gasteiger charge is 2.16. The molecular weight excluding hydrogens is 347 g/mol. The summed E-state index contributed by atoms with van der Waals surface area (Å²) in [7, 11) is 3.25. The summed E-state index contributed by atoms with van der Waals surface area (Å²) in [4.78, 5) is 1.10. The molecule has 0 aliphatic carbocycles. The van der Waals surface area contributed by atoms with Crippen LogP contribution in [0.4, 0.5) is 4.39 Å². The van der Waals surface area contributed by atoms with Gasteiger partial charge in [-0.05, 0) is 41.3 Å². The average molecular weight is 364 g/mol. The highest BCUT2D eigenvalue weighted by atomic mass is 32.1. The quantitative estimate of drug-likeness (QED) is 0.418. The second-order valence-electron chi connectivity index (χ2n) is 5.91. The minimum absolute atomic E-state index is 0.274. The van der Waals surface area contributed by atoms with Crippen LogP contribution >= 0.6 is 11.3 Å². The van der Waals surface area contributed by atoms with Gasteiger partial charge in [0.05, 0.1) is 14.2 Å². The fourth-order valence-corrected chi connectivity index (χ4v) is 4.17. The van der Waals surface area contributed by atoms with Gasteiger partial charge in [0.15, 0.2) is 0 Å². The van der Waals surface area contributed by atoms with Crippen molar-refractivity contribution in [3.05, 3.63) is 72.5 Å². The molecule has 1 heterocycles. The standard InChI is InChI=1S/C22H17FO2S/c1-24-19-13-20(25-2)18(12-17(19)14-7-5-8-16(23)10-14)22-11-15-6-3-4-9-21(15)26-22/h3-13H,1-2H3. The maximum atomic E-state index is 13.7. The predicted octanol–water partition coefficient (Wildman–Crippen LogP) is 6.39. The van der Waals surface area contributed by atoms with E-state index in [2.05, 4.69) is 18.2 Å². The molecule has 0 fully saturated rings. The molecule has 0 spiro atoms. The molecule has 0 bridgehead atoms. The summed E-state index contributed by atoms with van der Waals surface area (Å²) in [5.74, 6) is 1.11. The molecule has 4 rings (SSSR count). The van der Waals surface area contributed by atoms with Crippen LogP contribution in [0.3, 0.4) is 0 Å². The van der Waals surface area contributed by atoms with Crippen LogP contribution in [-0.2, 0) is 0 Å². The summed E-state index contributed by atoms with van der Waals surface area (Å²) in [6.07, 6.45) is 0. The fourth-order valence-electron chi connectivity index (χ4n) is 3.09. The Morgan fingerprint density at radius 2 is 1.54 bits per heavy atom. The van der Waals surface area contributed by atoms with E-state index < -0.39 is 0 Å². The first-order valence-corrected chi connectivity index (χ1v) is 9.02. The molecule has 0 radical (unpaired) electrons. The van der Waals surface area contributed by atoms with Gasteiger partial charge in [-0.25, -0.2) is 4.39 Å². The van der Waals surface area contributed by atoms with Crippen LogP contribution in [0.25, 0.3) is 31.7 Å². The minimum Gasteiger partial charge on any atom is -0.496 e. The van der Waals surface area contributed by atoms with Crippen molar-refractivity contribution in [3.8, 4) is 33.1 Å². The van der Waals surface area contributed by atoms with Crippen LogP contribution in [0.5, 0.6) is 11.5 Å². The summed E-state index contributed by atoms with van der Waals surface area (Å²) in [6, 6.07) is 20.8. The van der Waals surface area contributed by atoms with Crippen molar-refractivity contribution in [1.29, 1.82) is 0 Å². The maximum Gasteiger partial charge on any atom is 0.131 e. The number of ether oxygens (including phenoxy) is 2. The van der Waals surface area contributed by atoms with Crippen LogP contribution in [0.15, 0.2) is 66.7 Å². The Hall–Kier alpha value is -2.85. The van der Waals surface area contributed by atoms with Crippen molar-refractivity contribution in [2.24, 2.45) is 0 Å². The summed E-state index contributed by atoms with van der Waals surface area (Å²) in [5.41, 5.74) is 2.57. The molecule has 4 aromatic rings. The van der Waals surface area contributed by atoms with Crippen molar-refractivity contribution < 1.29 is 13.9 Å². The van der Waals surface area contributed by atoms with Gasteiger partial charge in [0.1, 0.15) is 17.3 Å². The number of halogens is 1. The van der Waals surface area contributed by atoms with Crippen molar-refractivity contribution in [1.82, 2.24) is 0 Å². The molecule has 0 amide bonds. The smallest absolute Gasteiger partial charge is 0.131 e. The molecule has 26 heavy (non-hydrogen) atoms. The molecule has 4 heteroatoms. The normalized spacial score (nSPS) is 10.9. The Kier molecular flexibility index (Phi) is 4.35. The van der Waals surface area contributed by atoms with E-state index in [0.717, 1.165) is 27.3 Å². The van der Waals surface area contributed by atoms with E-state index in [9.17, 15) is 4.39 Å². The van der Waals surface area contributed by atoms with Crippen LogP contribution in [-0.4, -0.2) is 14.2 Å². The fraction of sp³-hybridized carbons (Fsp3) is 0.0909. The number of rotatable bonds is 4. The topological polar surface area (TPSA) is 18.5 Å². The molecule has 1 aromatic heterocycles. The molecule has 3 aromatic carbocycles. The lowest BCUT2D eigenvalue weighted by Crippen LogP contribution is -1.93. The molecule has 2 nitrogen and oxygen atoms in total. The SMILES string of the molecule is COc1cc(OC)c(-c2cc3ccccc3s2)cc1-c1cccc(F)c1. The number of benzene rings is 3. The Morgan fingerprint density at radius 1 is 0.769 bits per heavy atom. The van der Waals surface area contributed by atoms with Gasteiger partial charge < -0.3 is 9.47 Å². The molecule has 130 valence electrons. The van der Waals surface area contributed by atoms with Gasteiger partial charge in [0, 0.05) is 26.8 Å². The predicted molar refractivity (Wildman–Crippen MR) is 106 cm³/mol. The monoisotopic (exact) mass is 364 g/mol. The van der Waals surface area contributed by atoms with Crippen LogP contribution in [0, 0.1) is 5.82 Å². The molecule has 0 N–H and O–H groups in total. The van der Waals surface area contributed by atoms with Gasteiger partial charge in [-0.15, -0.1) is 11.3 Å². The van der Waals surface area contributed by atoms with Gasteiger partial charge in [-0.3, -0.25) is 0 Å². The Labute approximate surface area is 155 Å². The maximum absolute atomic E-state index is 13.7. The number of hydrogen-bond donors (Lipinski definition) is 0. The van der Waals surface area contributed by atoms with Crippen LogP contribution in [0.1, 0.15) is 0 Å². The van der Waals surface area contributed by atoms with Crippen molar-refractivity contribution in [3.63, 3.8) is 0 Å². The summed E-state index contributed by atoms with van der Waals surface area (Å²) in [6.45, 7) is 0. The summed E-state index contributed by atoms with van der Waals surface area (Å²) in [5, 5.41) is 1.19. The second kappa shape index (κ2) is 6.81. The van der Waals surface area contributed by atoms with Gasteiger partial charge in [0.2, 0.25) is 0 Å². The van der Waals surface area contributed by atoms with E-state index in [0.29, 0.717) is 5.75 Å². The molecule has 0 aliphatic heterocycles. The number of methoxy groups -OCH3 is 2. The average Bonchev–Trinajstić information content (AvgIpc) is 3.11. The molecule has 0 unspecified atom stereocenters. The molecular formula is C22H17FO2S. The lowest BCUT2D eigenvalue weighted by Gasteiger charge is -2.14. The van der Waals surface area contributed by atoms with E-state index in [1.165, 1.54) is 22.2 Å². The van der Waals surface area contributed by atoms with E-state index in [1.807, 2.05) is 30.3 Å². The Bertz CT molecular complexity index is 1050. The van der Waals surface area contributed by atoms with Gasteiger partial charge >= 0.3 is 0 Å². The van der Waals surface area contributed by atoms with Crippen molar-refractivity contribution >= 4 is 21.4 Å². The highest BCUT2D eigenvalue weighted by molar-refractivity contribution is 7.22. The third-order valence-electron chi connectivity index (χ3n) is 4.35.